The van der Waals surface area contributed by atoms with Gasteiger partial charge >= 0.3 is 0 Å². The van der Waals surface area contributed by atoms with E-state index in [2.05, 4.69) is 35.9 Å². The summed E-state index contributed by atoms with van der Waals surface area (Å²) < 4.78 is 7.81. The van der Waals surface area contributed by atoms with Gasteiger partial charge in [0.15, 0.2) is 0 Å². The average Bonchev–Trinajstić information content (AvgIpc) is 2.95. The molecule has 4 heteroatoms. The van der Waals surface area contributed by atoms with E-state index in [-0.39, 0.29) is 0 Å². The standard InChI is InChI=1S/C14H25N3O/c1-10(15-4)14-11(2)16-17(12(14)3)8-7-13-6-5-9-18-13/h10,13,15H,5-9H2,1-4H3. The molecule has 4 nitrogen and oxygen atoms in total. The second kappa shape index (κ2) is 5.85. The molecule has 1 fully saturated rings. The van der Waals surface area contributed by atoms with E-state index >= 15 is 0 Å². The quantitative estimate of drug-likeness (QED) is 0.873. The molecule has 2 atom stereocenters. The number of nitrogens with zero attached hydrogens (tertiary/aromatic N) is 2. The Kier molecular flexibility index (Phi) is 4.40. The fourth-order valence-electron chi connectivity index (χ4n) is 2.84. The molecule has 18 heavy (non-hydrogen) atoms. The lowest BCUT2D eigenvalue weighted by atomic mass is 10.1. The van der Waals surface area contributed by atoms with E-state index in [9.17, 15) is 0 Å². The Balaban J connectivity index is 2.04. The van der Waals surface area contributed by atoms with Crippen LogP contribution in [-0.4, -0.2) is 29.5 Å². The van der Waals surface area contributed by atoms with Gasteiger partial charge < -0.3 is 10.1 Å². The molecule has 1 aromatic rings. The highest BCUT2D eigenvalue weighted by molar-refractivity contribution is 5.27. The van der Waals surface area contributed by atoms with Crippen molar-refractivity contribution in [1.29, 1.82) is 0 Å². The number of nitrogens with one attached hydrogen (secondary N) is 1. The first-order valence-electron chi connectivity index (χ1n) is 6.96. The molecule has 0 aromatic carbocycles. The lowest BCUT2D eigenvalue weighted by molar-refractivity contribution is 0.0992. The molecule has 0 bridgehead atoms. The summed E-state index contributed by atoms with van der Waals surface area (Å²) >= 11 is 0. The maximum Gasteiger partial charge on any atom is 0.0644 e. The van der Waals surface area contributed by atoms with Crippen LogP contribution in [0.25, 0.3) is 0 Å². The van der Waals surface area contributed by atoms with Gasteiger partial charge in [-0.1, -0.05) is 0 Å². The Morgan fingerprint density at radius 3 is 2.89 bits per heavy atom. The zero-order valence-corrected chi connectivity index (χ0v) is 12.0. The van der Waals surface area contributed by atoms with Gasteiger partial charge in [0.2, 0.25) is 0 Å². The fraction of sp³-hybridized carbons (Fsp3) is 0.786. The van der Waals surface area contributed by atoms with Crippen LogP contribution in [0.4, 0.5) is 0 Å². The summed E-state index contributed by atoms with van der Waals surface area (Å²) in [6, 6.07) is 0.362. The normalized spacial score (nSPS) is 21.4. The minimum absolute atomic E-state index is 0.362. The molecule has 2 unspecified atom stereocenters. The van der Waals surface area contributed by atoms with Crippen molar-refractivity contribution in [2.75, 3.05) is 13.7 Å². The Hall–Kier alpha value is -0.870. The number of aromatic nitrogens is 2. The maximum atomic E-state index is 5.67. The van der Waals surface area contributed by atoms with E-state index in [1.54, 1.807) is 0 Å². The third kappa shape index (κ3) is 2.75. The molecule has 0 aliphatic carbocycles. The second-order valence-corrected chi connectivity index (χ2v) is 5.24. The smallest absolute Gasteiger partial charge is 0.0644 e. The Bertz CT molecular complexity index is 394. The van der Waals surface area contributed by atoms with Crippen molar-refractivity contribution in [2.45, 2.75) is 58.7 Å². The minimum Gasteiger partial charge on any atom is -0.378 e. The Morgan fingerprint density at radius 2 is 2.28 bits per heavy atom. The van der Waals surface area contributed by atoms with Crippen LogP contribution >= 0.6 is 0 Å². The predicted octanol–water partition coefficient (Wildman–Crippen LogP) is 2.35. The molecule has 2 rings (SSSR count). The van der Waals surface area contributed by atoms with E-state index < -0.39 is 0 Å². The topological polar surface area (TPSA) is 39.1 Å². The van der Waals surface area contributed by atoms with Crippen molar-refractivity contribution < 1.29 is 4.74 Å². The molecule has 102 valence electrons. The highest BCUT2D eigenvalue weighted by atomic mass is 16.5. The van der Waals surface area contributed by atoms with Crippen LogP contribution in [0.3, 0.4) is 0 Å². The minimum atomic E-state index is 0.362. The van der Waals surface area contributed by atoms with Gasteiger partial charge in [-0.3, -0.25) is 4.68 Å². The largest absolute Gasteiger partial charge is 0.378 e. The Morgan fingerprint density at radius 1 is 1.50 bits per heavy atom. The molecule has 0 spiro atoms. The molecule has 1 aliphatic rings. The van der Waals surface area contributed by atoms with Gasteiger partial charge in [0.1, 0.15) is 0 Å². The summed E-state index contributed by atoms with van der Waals surface area (Å²) in [5.41, 5.74) is 3.76. The zero-order valence-electron chi connectivity index (χ0n) is 12.0. The molecule has 0 amide bonds. The van der Waals surface area contributed by atoms with E-state index in [1.807, 2.05) is 7.05 Å². The van der Waals surface area contributed by atoms with Crippen LogP contribution in [0.15, 0.2) is 0 Å². The fourth-order valence-corrected chi connectivity index (χ4v) is 2.84. The summed E-state index contributed by atoms with van der Waals surface area (Å²) in [4.78, 5) is 0. The number of hydrogen-bond donors (Lipinski definition) is 1. The number of ether oxygens (including phenoxy) is 1. The molecule has 0 radical (unpaired) electrons. The summed E-state index contributed by atoms with van der Waals surface area (Å²) in [7, 11) is 1.99. The van der Waals surface area contributed by atoms with Crippen molar-refractivity contribution in [3.8, 4) is 0 Å². The molecule has 1 aromatic heterocycles. The monoisotopic (exact) mass is 251 g/mol. The molecule has 1 aliphatic heterocycles. The Labute approximate surface area is 110 Å². The first-order chi connectivity index (χ1) is 8.63. The number of rotatable bonds is 5. The highest BCUT2D eigenvalue weighted by Gasteiger charge is 2.19. The average molecular weight is 251 g/mol. The summed E-state index contributed by atoms with van der Waals surface area (Å²) in [5, 5.41) is 7.96. The molecule has 2 heterocycles. The predicted molar refractivity (Wildman–Crippen MR) is 72.8 cm³/mol. The summed E-state index contributed by atoms with van der Waals surface area (Å²) in [5.74, 6) is 0. The van der Waals surface area contributed by atoms with Crippen LogP contribution in [0.5, 0.6) is 0 Å². The van der Waals surface area contributed by atoms with Gasteiger partial charge in [-0.15, -0.1) is 0 Å². The molecule has 0 saturated carbocycles. The van der Waals surface area contributed by atoms with E-state index in [0.717, 1.165) is 25.3 Å². The number of aryl methyl sites for hydroxylation is 2. The highest BCUT2D eigenvalue weighted by Crippen LogP contribution is 2.22. The molecule has 1 saturated heterocycles. The molecular weight excluding hydrogens is 226 g/mol. The van der Waals surface area contributed by atoms with E-state index in [0.29, 0.717) is 12.1 Å². The van der Waals surface area contributed by atoms with E-state index in [1.165, 1.54) is 24.1 Å². The van der Waals surface area contributed by atoms with Crippen LogP contribution in [0, 0.1) is 13.8 Å². The SMILES string of the molecule is CNC(C)c1c(C)nn(CCC2CCCO2)c1C. The summed E-state index contributed by atoms with van der Waals surface area (Å²) in [6.07, 6.45) is 3.94. The van der Waals surface area contributed by atoms with Gasteiger partial charge in [0, 0.05) is 30.5 Å². The maximum absolute atomic E-state index is 5.67. The first kappa shape index (κ1) is 13.6. The van der Waals surface area contributed by atoms with Gasteiger partial charge in [-0.25, -0.2) is 0 Å². The van der Waals surface area contributed by atoms with Crippen molar-refractivity contribution in [2.24, 2.45) is 0 Å². The molecular formula is C14H25N3O. The van der Waals surface area contributed by atoms with Crippen LogP contribution in [0.1, 0.15) is 49.2 Å². The van der Waals surface area contributed by atoms with Crippen molar-refractivity contribution >= 4 is 0 Å². The van der Waals surface area contributed by atoms with Crippen molar-refractivity contribution in [1.82, 2.24) is 15.1 Å². The van der Waals surface area contributed by atoms with Gasteiger partial charge in [0.25, 0.3) is 0 Å². The van der Waals surface area contributed by atoms with Crippen molar-refractivity contribution in [3.05, 3.63) is 17.0 Å². The second-order valence-electron chi connectivity index (χ2n) is 5.24. The van der Waals surface area contributed by atoms with Crippen LogP contribution < -0.4 is 5.32 Å². The first-order valence-corrected chi connectivity index (χ1v) is 6.96. The lowest BCUT2D eigenvalue weighted by Crippen LogP contribution is -2.15. The molecule has 1 N–H and O–H groups in total. The summed E-state index contributed by atoms with van der Waals surface area (Å²) in [6.45, 7) is 8.34. The number of hydrogen-bond acceptors (Lipinski definition) is 3. The van der Waals surface area contributed by atoms with Gasteiger partial charge in [-0.05, 0) is 47.1 Å². The third-order valence-corrected chi connectivity index (χ3v) is 3.99. The van der Waals surface area contributed by atoms with E-state index in [4.69, 9.17) is 4.74 Å². The van der Waals surface area contributed by atoms with Gasteiger partial charge in [0.05, 0.1) is 11.8 Å². The zero-order chi connectivity index (χ0) is 13.1. The third-order valence-electron chi connectivity index (χ3n) is 3.99. The lowest BCUT2D eigenvalue weighted by Gasteiger charge is -2.12. The van der Waals surface area contributed by atoms with Crippen LogP contribution in [-0.2, 0) is 11.3 Å². The van der Waals surface area contributed by atoms with Crippen molar-refractivity contribution in [3.63, 3.8) is 0 Å². The van der Waals surface area contributed by atoms with Gasteiger partial charge in [-0.2, -0.15) is 5.10 Å². The van der Waals surface area contributed by atoms with Crippen LogP contribution in [0.2, 0.25) is 0 Å².